The maximum Gasteiger partial charge on any atom is 0.267 e. The van der Waals surface area contributed by atoms with E-state index in [0.717, 1.165) is 18.5 Å². The highest BCUT2D eigenvalue weighted by atomic mass is 32.2. The molecule has 41 heavy (non-hydrogen) atoms. The van der Waals surface area contributed by atoms with Crippen LogP contribution in [0, 0.1) is 0 Å². The molecule has 0 atom stereocenters. The Labute approximate surface area is 236 Å². The van der Waals surface area contributed by atoms with Gasteiger partial charge in [-0.15, -0.1) is 10.2 Å². The van der Waals surface area contributed by atoms with E-state index in [-0.39, 0.29) is 24.0 Å². The first-order valence-electron chi connectivity index (χ1n) is 13.5. The van der Waals surface area contributed by atoms with Crippen LogP contribution in [0.3, 0.4) is 0 Å². The van der Waals surface area contributed by atoms with Crippen LogP contribution in [0.2, 0.25) is 0 Å². The molecule has 0 aliphatic heterocycles. The molecular formula is C28H30N8O4S. The fourth-order valence-electron chi connectivity index (χ4n) is 4.67. The van der Waals surface area contributed by atoms with Crippen molar-refractivity contribution in [2.75, 3.05) is 18.6 Å². The molecule has 1 saturated carbocycles. The number of ether oxygens (including phenoxy) is 1. The van der Waals surface area contributed by atoms with Gasteiger partial charge in [0.15, 0.2) is 5.82 Å². The number of imidazole rings is 1. The Kier molecular flexibility index (Phi) is 6.89. The smallest absolute Gasteiger partial charge is 0.267 e. The third-order valence-corrected chi connectivity index (χ3v) is 8.00. The second-order valence-electron chi connectivity index (χ2n) is 10.6. The van der Waals surface area contributed by atoms with E-state index in [0.29, 0.717) is 52.0 Å². The predicted molar refractivity (Wildman–Crippen MR) is 153 cm³/mol. The molecule has 1 aliphatic rings. The fourth-order valence-corrected chi connectivity index (χ4v) is 5.31. The van der Waals surface area contributed by atoms with E-state index in [1.165, 1.54) is 17.2 Å². The second kappa shape index (κ2) is 10.5. The maximum atomic E-state index is 13.8. The zero-order chi connectivity index (χ0) is 28.7. The third-order valence-electron chi connectivity index (χ3n) is 6.97. The highest BCUT2D eigenvalue weighted by Crippen LogP contribution is 2.39. The predicted octanol–water partition coefficient (Wildman–Crippen LogP) is 3.50. The largest absolute Gasteiger partial charge is 0.491 e. The van der Waals surface area contributed by atoms with Gasteiger partial charge >= 0.3 is 0 Å². The van der Waals surface area contributed by atoms with Crippen molar-refractivity contribution in [3.05, 3.63) is 71.6 Å². The van der Waals surface area contributed by atoms with Crippen molar-refractivity contribution >= 4 is 20.7 Å². The number of aromatic nitrogens is 8. The van der Waals surface area contributed by atoms with Gasteiger partial charge in [-0.3, -0.25) is 9.36 Å². The molecule has 4 aromatic heterocycles. The van der Waals surface area contributed by atoms with Crippen LogP contribution >= 0.6 is 0 Å². The molecule has 0 radical (unpaired) electrons. The lowest BCUT2D eigenvalue weighted by molar-refractivity contribution is 0.317. The highest BCUT2D eigenvalue weighted by Gasteiger charge is 2.26. The molecule has 1 aromatic carbocycles. The van der Waals surface area contributed by atoms with Gasteiger partial charge in [0.25, 0.3) is 5.56 Å². The summed E-state index contributed by atoms with van der Waals surface area (Å²) in [4.78, 5) is 27.6. The second-order valence-corrected chi connectivity index (χ2v) is 12.9. The minimum Gasteiger partial charge on any atom is -0.491 e. The van der Waals surface area contributed by atoms with Crippen LogP contribution < -0.4 is 10.3 Å². The van der Waals surface area contributed by atoms with Crippen LogP contribution in [-0.4, -0.2) is 65.9 Å². The van der Waals surface area contributed by atoms with Gasteiger partial charge in [-0.05, 0) is 51.3 Å². The van der Waals surface area contributed by atoms with Gasteiger partial charge in [0.1, 0.15) is 39.8 Å². The summed E-state index contributed by atoms with van der Waals surface area (Å²) in [5.74, 6) is 1.98. The van der Waals surface area contributed by atoms with Gasteiger partial charge in [0, 0.05) is 30.5 Å². The molecule has 6 rings (SSSR count). The molecule has 5 aromatic rings. The van der Waals surface area contributed by atoms with E-state index in [2.05, 4.69) is 20.2 Å². The lowest BCUT2D eigenvalue weighted by Gasteiger charge is -2.14. The van der Waals surface area contributed by atoms with Gasteiger partial charge in [0.05, 0.1) is 41.0 Å². The lowest BCUT2D eigenvalue weighted by Crippen LogP contribution is -2.20. The summed E-state index contributed by atoms with van der Waals surface area (Å²) in [6, 6.07) is 8.98. The van der Waals surface area contributed by atoms with Gasteiger partial charge in [-0.2, -0.15) is 0 Å². The van der Waals surface area contributed by atoms with E-state index in [9.17, 15) is 13.2 Å². The van der Waals surface area contributed by atoms with E-state index < -0.39 is 9.84 Å². The maximum absolute atomic E-state index is 13.8. The Bertz CT molecular complexity index is 1900. The number of hydrogen-bond acceptors (Lipinski definition) is 9. The average Bonchev–Trinajstić information content (AvgIpc) is 3.45. The van der Waals surface area contributed by atoms with E-state index >= 15 is 0 Å². The van der Waals surface area contributed by atoms with Crippen LogP contribution in [0.1, 0.15) is 50.8 Å². The molecule has 1 fully saturated rings. The van der Waals surface area contributed by atoms with Crippen molar-refractivity contribution in [1.29, 1.82) is 0 Å². The molecule has 1 aliphatic carbocycles. The number of sulfone groups is 1. The Morgan fingerprint density at radius 1 is 1.10 bits per heavy atom. The summed E-state index contributed by atoms with van der Waals surface area (Å²) < 4.78 is 34.3. The van der Waals surface area contributed by atoms with Crippen molar-refractivity contribution in [2.45, 2.75) is 45.1 Å². The van der Waals surface area contributed by atoms with Gasteiger partial charge < -0.3 is 13.9 Å². The minimum atomic E-state index is -3.10. The Morgan fingerprint density at radius 3 is 2.68 bits per heavy atom. The minimum absolute atomic E-state index is 0.0231. The quantitative estimate of drug-likeness (QED) is 0.229. The monoisotopic (exact) mass is 574 g/mol. The molecule has 0 unspecified atom stereocenters. The lowest BCUT2D eigenvalue weighted by atomic mass is 10.2. The summed E-state index contributed by atoms with van der Waals surface area (Å²) in [5.41, 5.74) is 2.36. The topological polar surface area (TPSA) is 140 Å². The third kappa shape index (κ3) is 5.62. The first kappa shape index (κ1) is 26.8. The van der Waals surface area contributed by atoms with Crippen molar-refractivity contribution in [3.8, 4) is 28.8 Å². The SMILES string of the molecule is CC(C)n1cnnc1-c1cccc(-n2cnc3cc(OCCCS(C)(=O)=O)c(-n4cnc(C5CC5)c4)cc3c2=O)n1. The number of benzene rings is 1. The van der Waals surface area contributed by atoms with Crippen LogP contribution in [0.15, 0.2) is 60.3 Å². The van der Waals surface area contributed by atoms with Gasteiger partial charge in [-0.1, -0.05) is 6.07 Å². The first-order chi connectivity index (χ1) is 19.7. The van der Waals surface area contributed by atoms with Crippen LogP contribution in [-0.2, 0) is 9.84 Å². The molecule has 13 heteroatoms. The van der Waals surface area contributed by atoms with Crippen LogP contribution in [0.25, 0.3) is 33.9 Å². The highest BCUT2D eigenvalue weighted by molar-refractivity contribution is 7.90. The summed E-state index contributed by atoms with van der Waals surface area (Å²) in [7, 11) is -3.10. The molecule has 0 amide bonds. The number of pyridine rings is 1. The molecule has 0 spiro atoms. The number of rotatable bonds is 10. The fraction of sp³-hybridized carbons (Fsp3) is 0.357. The van der Waals surface area contributed by atoms with Gasteiger partial charge in [-0.25, -0.2) is 23.4 Å². The van der Waals surface area contributed by atoms with E-state index in [1.807, 2.05) is 41.3 Å². The first-order valence-corrected chi connectivity index (χ1v) is 15.5. The standard InChI is InChI=1S/C28H30N8O4S/c1-18(2)35-17-31-33-27(35)21-6-4-7-26(32-21)36-16-30-22-13-25(40-10-5-11-41(3,38)39)24(12-20(22)28(36)37)34-14-23(29-15-34)19-8-9-19/h4,6-7,12-19H,5,8-11H2,1-3H3. The molecule has 0 saturated heterocycles. The summed E-state index contributed by atoms with van der Waals surface area (Å²) in [6.45, 7) is 4.26. The zero-order valence-corrected chi connectivity index (χ0v) is 23.8. The molecular weight excluding hydrogens is 544 g/mol. The van der Waals surface area contributed by atoms with Crippen molar-refractivity contribution in [1.82, 2.24) is 38.9 Å². The molecule has 4 heterocycles. The van der Waals surface area contributed by atoms with Crippen molar-refractivity contribution < 1.29 is 13.2 Å². The molecule has 12 nitrogen and oxygen atoms in total. The zero-order valence-electron chi connectivity index (χ0n) is 23.0. The summed E-state index contributed by atoms with van der Waals surface area (Å²) in [6.07, 6.45) is 10.5. The van der Waals surface area contributed by atoms with E-state index in [1.54, 1.807) is 30.9 Å². The van der Waals surface area contributed by atoms with Crippen molar-refractivity contribution in [2.24, 2.45) is 0 Å². The summed E-state index contributed by atoms with van der Waals surface area (Å²) in [5, 5.41) is 8.63. The van der Waals surface area contributed by atoms with Gasteiger partial charge in [0.2, 0.25) is 0 Å². The van der Waals surface area contributed by atoms with Crippen molar-refractivity contribution in [3.63, 3.8) is 0 Å². The Morgan fingerprint density at radius 2 is 1.93 bits per heavy atom. The van der Waals surface area contributed by atoms with Crippen LogP contribution in [0.5, 0.6) is 5.75 Å². The van der Waals surface area contributed by atoms with E-state index in [4.69, 9.17) is 9.72 Å². The summed E-state index contributed by atoms with van der Waals surface area (Å²) >= 11 is 0. The Hall–Kier alpha value is -4.39. The van der Waals surface area contributed by atoms with Crippen LogP contribution in [0.4, 0.5) is 0 Å². The molecule has 212 valence electrons. The number of fused-ring (bicyclic) bond motifs is 1. The average molecular weight is 575 g/mol. The number of nitrogens with zero attached hydrogens (tertiary/aromatic N) is 8. The molecule has 0 bridgehead atoms. The number of hydrogen-bond donors (Lipinski definition) is 0. The normalized spacial score (nSPS) is 13.8. The Balaban J connectivity index is 1.41. The molecule has 0 N–H and O–H groups in total.